The number of nitrogens with zero attached hydrogens (tertiary/aromatic N) is 1. The first kappa shape index (κ1) is 13.3. The van der Waals surface area contributed by atoms with Crippen LogP contribution in [-0.2, 0) is 4.79 Å². The van der Waals surface area contributed by atoms with Crippen molar-refractivity contribution in [2.75, 3.05) is 11.1 Å². The molecular weight excluding hydrogens is 238 g/mol. The number of carbonyl (C=O) groups is 1. The van der Waals surface area contributed by atoms with Gasteiger partial charge in [-0.15, -0.1) is 0 Å². The lowest BCUT2D eigenvalue weighted by Crippen LogP contribution is -2.13. The van der Waals surface area contributed by atoms with Gasteiger partial charge in [-0.25, -0.2) is 0 Å². The quantitative estimate of drug-likeness (QED) is 0.887. The van der Waals surface area contributed by atoms with Crippen LogP contribution in [0.5, 0.6) is 0 Å². The van der Waals surface area contributed by atoms with E-state index in [1.165, 1.54) is 0 Å². The molecule has 0 saturated heterocycles. The number of rotatable bonds is 3. The minimum atomic E-state index is 0.0213. The van der Waals surface area contributed by atoms with Crippen molar-refractivity contribution in [3.05, 3.63) is 30.0 Å². The van der Waals surface area contributed by atoms with Gasteiger partial charge in [0.15, 0.2) is 0 Å². The van der Waals surface area contributed by atoms with E-state index in [-0.39, 0.29) is 5.91 Å². The third-order valence-corrected chi connectivity index (χ3v) is 2.85. The second-order valence-electron chi connectivity index (χ2n) is 5.23. The Morgan fingerprint density at radius 3 is 2.79 bits per heavy atom. The lowest BCUT2D eigenvalue weighted by molar-refractivity contribution is -0.116. The maximum atomic E-state index is 11.7. The van der Waals surface area contributed by atoms with Crippen molar-refractivity contribution < 1.29 is 4.79 Å². The summed E-state index contributed by atoms with van der Waals surface area (Å²) in [6.07, 6.45) is 0.514. The Labute approximate surface area is 113 Å². The topological polar surface area (TPSA) is 68.0 Å². The molecule has 0 aliphatic rings. The van der Waals surface area contributed by atoms with Gasteiger partial charge >= 0.3 is 0 Å². The van der Waals surface area contributed by atoms with Crippen molar-refractivity contribution in [3.63, 3.8) is 0 Å². The first-order valence-electron chi connectivity index (χ1n) is 6.42. The molecule has 4 nitrogen and oxygen atoms in total. The van der Waals surface area contributed by atoms with Crippen LogP contribution in [0.15, 0.2) is 24.3 Å². The standard InChI is InChI=1S/C15H19N3O/c1-9(2)6-15(19)18-11-4-5-14-12(8-11)13(16)7-10(3)17-14/h4-5,7-9H,6H2,1-3H3,(H2,16,17)(H,18,19). The van der Waals surface area contributed by atoms with Gasteiger partial charge in [0, 0.05) is 28.9 Å². The lowest BCUT2D eigenvalue weighted by Gasteiger charge is -2.09. The van der Waals surface area contributed by atoms with Crippen molar-refractivity contribution in [1.82, 2.24) is 4.98 Å². The number of anilines is 2. The molecule has 1 aromatic carbocycles. The Morgan fingerprint density at radius 2 is 2.11 bits per heavy atom. The molecule has 0 spiro atoms. The van der Waals surface area contributed by atoms with Crippen LogP contribution < -0.4 is 11.1 Å². The Bertz CT molecular complexity index is 620. The maximum absolute atomic E-state index is 11.7. The van der Waals surface area contributed by atoms with E-state index in [0.717, 1.165) is 22.3 Å². The van der Waals surface area contributed by atoms with Crippen LogP contribution in [0, 0.1) is 12.8 Å². The summed E-state index contributed by atoms with van der Waals surface area (Å²) < 4.78 is 0. The fraction of sp³-hybridized carbons (Fsp3) is 0.333. The van der Waals surface area contributed by atoms with E-state index >= 15 is 0 Å². The Morgan fingerprint density at radius 1 is 1.37 bits per heavy atom. The molecule has 1 heterocycles. The number of hydrogen-bond acceptors (Lipinski definition) is 3. The summed E-state index contributed by atoms with van der Waals surface area (Å²) in [7, 11) is 0. The zero-order valence-corrected chi connectivity index (χ0v) is 11.5. The molecule has 0 bridgehead atoms. The first-order valence-corrected chi connectivity index (χ1v) is 6.42. The molecule has 0 aliphatic heterocycles. The fourth-order valence-electron chi connectivity index (χ4n) is 2.05. The number of nitrogens with one attached hydrogen (secondary N) is 1. The van der Waals surface area contributed by atoms with Crippen LogP contribution in [0.4, 0.5) is 11.4 Å². The number of benzene rings is 1. The molecule has 0 fully saturated rings. The number of amides is 1. The Kier molecular flexibility index (Phi) is 3.69. The summed E-state index contributed by atoms with van der Waals surface area (Å²) in [4.78, 5) is 16.2. The molecule has 1 aromatic heterocycles. The number of fused-ring (bicyclic) bond motifs is 1. The molecule has 100 valence electrons. The number of hydrogen-bond donors (Lipinski definition) is 2. The van der Waals surface area contributed by atoms with Gasteiger partial charge in [-0.2, -0.15) is 0 Å². The van der Waals surface area contributed by atoms with Gasteiger partial charge < -0.3 is 11.1 Å². The van der Waals surface area contributed by atoms with Gasteiger partial charge in [-0.3, -0.25) is 9.78 Å². The summed E-state index contributed by atoms with van der Waals surface area (Å²) in [6.45, 7) is 5.95. The summed E-state index contributed by atoms with van der Waals surface area (Å²) in [6, 6.07) is 7.44. The van der Waals surface area contributed by atoms with Crippen molar-refractivity contribution in [3.8, 4) is 0 Å². The van der Waals surface area contributed by atoms with Gasteiger partial charge in [0.2, 0.25) is 5.91 Å². The highest BCUT2D eigenvalue weighted by molar-refractivity contribution is 5.97. The molecule has 0 unspecified atom stereocenters. The van der Waals surface area contributed by atoms with Crippen LogP contribution in [0.1, 0.15) is 26.0 Å². The molecule has 3 N–H and O–H groups in total. The number of aromatic nitrogens is 1. The summed E-state index contributed by atoms with van der Waals surface area (Å²) >= 11 is 0. The van der Waals surface area contributed by atoms with Gasteiger partial charge in [-0.1, -0.05) is 13.8 Å². The average molecular weight is 257 g/mol. The van der Waals surface area contributed by atoms with E-state index in [2.05, 4.69) is 10.3 Å². The molecule has 2 aromatic rings. The highest BCUT2D eigenvalue weighted by Crippen LogP contribution is 2.24. The van der Waals surface area contributed by atoms with Gasteiger partial charge in [0.05, 0.1) is 5.52 Å². The van der Waals surface area contributed by atoms with E-state index in [9.17, 15) is 4.79 Å². The predicted molar refractivity (Wildman–Crippen MR) is 79.0 cm³/mol. The van der Waals surface area contributed by atoms with Gasteiger partial charge in [0.1, 0.15) is 0 Å². The normalized spacial score (nSPS) is 10.9. The zero-order valence-electron chi connectivity index (χ0n) is 11.5. The van der Waals surface area contributed by atoms with E-state index in [1.54, 1.807) is 0 Å². The van der Waals surface area contributed by atoms with Gasteiger partial charge in [-0.05, 0) is 37.1 Å². The molecule has 0 radical (unpaired) electrons. The number of carbonyl (C=O) groups excluding carboxylic acids is 1. The molecule has 0 saturated carbocycles. The minimum Gasteiger partial charge on any atom is -0.398 e. The lowest BCUT2D eigenvalue weighted by atomic mass is 10.1. The molecule has 0 aliphatic carbocycles. The van der Waals surface area contributed by atoms with Crippen molar-refractivity contribution in [2.45, 2.75) is 27.2 Å². The smallest absolute Gasteiger partial charge is 0.224 e. The summed E-state index contributed by atoms with van der Waals surface area (Å²) in [5, 5.41) is 3.75. The highest BCUT2D eigenvalue weighted by Gasteiger charge is 2.07. The van der Waals surface area contributed by atoms with Crippen LogP contribution in [-0.4, -0.2) is 10.9 Å². The monoisotopic (exact) mass is 257 g/mol. The number of nitrogen functional groups attached to an aromatic ring is 1. The minimum absolute atomic E-state index is 0.0213. The van der Waals surface area contributed by atoms with E-state index in [4.69, 9.17) is 5.73 Å². The molecule has 0 atom stereocenters. The number of nitrogens with two attached hydrogens (primary N) is 1. The zero-order chi connectivity index (χ0) is 14.0. The number of pyridine rings is 1. The van der Waals surface area contributed by atoms with Crippen LogP contribution in [0.25, 0.3) is 10.9 Å². The average Bonchev–Trinajstić information content (AvgIpc) is 2.28. The van der Waals surface area contributed by atoms with Crippen LogP contribution >= 0.6 is 0 Å². The maximum Gasteiger partial charge on any atom is 0.224 e. The number of aryl methyl sites for hydroxylation is 1. The van der Waals surface area contributed by atoms with Crippen molar-refractivity contribution in [2.24, 2.45) is 5.92 Å². The van der Waals surface area contributed by atoms with Gasteiger partial charge in [0.25, 0.3) is 0 Å². The largest absolute Gasteiger partial charge is 0.398 e. The SMILES string of the molecule is Cc1cc(N)c2cc(NC(=O)CC(C)C)ccc2n1. The molecule has 2 rings (SSSR count). The highest BCUT2D eigenvalue weighted by atomic mass is 16.1. The van der Waals surface area contributed by atoms with Crippen molar-refractivity contribution >= 4 is 28.2 Å². The van der Waals surface area contributed by atoms with Crippen LogP contribution in [0.2, 0.25) is 0 Å². The van der Waals surface area contributed by atoms with Crippen LogP contribution in [0.3, 0.4) is 0 Å². The van der Waals surface area contributed by atoms with Crippen molar-refractivity contribution in [1.29, 1.82) is 0 Å². The second kappa shape index (κ2) is 5.26. The molecule has 19 heavy (non-hydrogen) atoms. The summed E-state index contributed by atoms with van der Waals surface area (Å²) in [5.41, 5.74) is 9.16. The Hall–Kier alpha value is -2.10. The summed E-state index contributed by atoms with van der Waals surface area (Å²) in [5.74, 6) is 0.364. The van der Waals surface area contributed by atoms with E-state index < -0.39 is 0 Å². The predicted octanol–water partition coefficient (Wildman–Crippen LogP) is 3.11. The fourth-order valence-corrected chi connectivity index (χ4v) is 2.05. The molecule has 1 amide bonds. The van der Waals surface area contributed by atoms with E-state index in [1.807, 2.05) is 45.0 Å². The third-order valence-electron chi connectivity index (χ3n) is 2.85. The second-order valence-corrected chi connectivity index (χ2v) is 5.23. The third kappa shape index (κ3) is 3.22. The molecular formula is C15H19N3O. The molecule has 4 heteroatoms. The Balaban J connectivity index is 2.29. The van der Waals surface area contributed by atoms with E-state index in [0.29, 0.717) is 18.0 Å². The first-order chi connectivity index (χ1) is 8.95.